The van der Waals surface area contributed by atoms with Gasteiger partial charge in [-0.2, -0.15) is 0 Å². The van der Waals surface area contributed by atoms with E-state index in [-0.39, 0.29) is 11.3 Å². The Kier molecular flexibility index (Phi) is 4.01. The summed E-state index contributed by atoms with van der Waals surface area (Å²) in [4.78, 5) is 0. The Labute approximate surface area is 108 Å². The van der Waals surface area contributed by atoms with Crippen molar-refractivity contribution in [3.63, 3.8) is 0 Å². The molecule has 0 aliphatic carbocycles. The molecule has 3 unspecified atom stereocenters. The molecular formula is C15H31NO. The van der Waals surface area contributed by atoms with Crippen molar-refractivity contribution in [2.24, 2.45) is 11.3 Å². The largest absolute Gasteiger partial charge is 0.358 e. The lowest BCUT2D eigenvalue weighted by Gasteiger charge is -2.51. The number of nitrogens with one attached hydrogen (secondary N) is 1. The van der Waals surface area contributed by atoms with Crippen molar-refractivity contribution in [2.75, 3.05) is 0 Å². The highest BCUT2D eigenvalue weighted by Gasteiger charge is 2.44. The van der Waals surface area contributed by atoms with Crippen molar-refractivity contribution < 1.29 is 4.74 Å². The molecule has 1 rings (SSSR count). The number of rotatable bonds is 2. The molecule has 1 aliphatic heterocycles. The summed E-state index contributed by atoms with van der Waals surface area (Å²) in [5.74, 6) is 0.504. The highest BCUT2D eigenvalue weighted by Crippen LogP contribution is 2.37. The molecule has 0 radical (unpaired) electrons. The first-order chi connectivity index (χ1) is 7.44. The molecule has 1 saturated heterocycles. The number of ether oxygens (including phenoxy) is 1. The number of hydrogen-bond acceptors (Lipinski definition) is 2. The maximum Gasteiger partial charge on any atom is 0.119 e. The van der Waals surface area contributed by atoms with Gasteiger partial charge in [0.1, 0.15) is 5.72 Å². The molecule has 1 aliphatic rings. The van der Waals surface area contributed by atoms with Crippen LogP contribution in [-0.2, 0) is 4.74 Å². The molecule has 0 aromatic heterocycles. The molecule has 0 spiro atoms. The van der Waals surface area contributed by atoms with Gasteiger partial charge in [-0.25, -0.2) is 0 Å². The fraction of sp³-hybridized carbons (Fsp3) is 1.00. The van der Waals surface area contributed by atoms with E-state index >= 15 is 0 Å². The van der Waals surface area contributed by atoms with Crippen LogP contribution in [0.15, 0.2) is 0 Å². The molecule has 0 bridgehead atoms. The van der Waals surface area contributed by atoms with E-state index in [2.05, 4.69) is 60.7 Å². The topological polar surface area (TPSA) is 21.3 Å². The van der Waals surface area contributed by atoms with Gasteiger partial charge in [0, 0.05) is 5.54 Å². The van der Waals surface area contributed by atoms with Gasteiger partial charge in [-0.3, -0.25) is 5.32 Å². The maximum atomic E-state index is 6.21. The van der Waals surface area contributed by atoms with E-state index in [1.54, 1.807) is 0 Å². The lowest BCUT2D eigenvalue weighted by molar-refractivity contribution is -0.184. The summed E-state index contributed by atoms with van der Waals surface area (Å²) in [6.45, 7) is 18.1. The summed E-state index contributed by atoms with van der Waals surface area (Å²) in [5.41, 5.74) is 0.311. The Morgan fingerprint density at radius 3 is 2.24 bits per heavy atom. The first-order valence-corrected chi connectivity index (χ1v) is 6.91. The molecule has 2 nitrogen and oxygen atoms in total. The van der Waals surface area contributed by atoms with E-state index in [4.69, 9.17) is 4.74 Å². The normalized spacial score (nSPS) is 35.6. The van der Waals surface area contributed by atoms with E-state index in [0.29, 0.717) is 17.4 Å². The van der Waals surface area contributed by atoms with E-state index < -0.39 is 0 Å². The summed E-state index contributed by atoms with van der Waals surface area (Å²) in [5, 5.41) is 3.70. The fourth-order valence-corrected chi connectivity index (χ4v) is 3.28. The third-order valence-corrected chi connectivity index (χ3v) is 3.69. The van der Waals surface area contributed by atoms with Crippen LogP contribution < -0.4 is 5.32 Å². The first-order valence-electron chi connectivity index (χ1n) is 6.91. The fourth-order valence-electron chi connectivity index (χ4n) is 3.28. The Bertz CT molecular complexity index is 267. The molecule has 102 valence electrons. The van der Waals surface area contributed by atoms with Gasteiger partial charge in [0.15, 0.2) is 0 Å². The standard InChI is InChI=1S/C15H31NO/c1-11(9-13(3,4)5)15(8)16-14(6,7)10-12(2)17-15/h11-12,16H,9-10H2,1-8H3. The second-order valence-electron chi connectivity index (χ2n) is 7.91. The van der Waals surface area contributed by atoms with Gasteiger partial charge in [-0.15, -0.1) is 0 Å². The van der Waals surface area contributed by atoms with E-state index in [1.807, 2.05) is 0 Å². The third-order valence-electron chi connectivity index (χ3n) is 3.69. The van der Waals surface area contributed by atoms with Gasteiger partial charge in [0.2, 0.25) is 0 Å². The lowest BCUT2D eigenvalue weighted by Crippen LogP contribution is -2.64. The number of hydrogen-bond donors (Lipinski definition) is 1. The van der Waals surface area contributed by atoms with Crippen LogP contribution in [0, 0.1) is 11.3 Å². The van der Waals surface area contributed by atoms with E-state index in [9.17, 15) is 0 Å². The second-order valence-corrected chi connectivity index (χ2v) is 7.91. The van der Waals surface area contributed by atoms with Crippen LogP contribution >= 0.6 is 0 Å². The molecule has 1 fully saturated rings. The van der Waals surface area contributed by atoms with Crippen molar-refractivity contribution in [3.8, 4) is 0 Å². The van der Waals surface area contributed by atoms with Crippen molar-refractivity contribution in [1.29, 1.82) is 0 Å². The zero-order chi connectivity index (χ0) is 13.5. The Morgan fingerprint density at radius 1 is 1.29 bits per heavy atom. The average molecular weight is 241 g/mol. The summed E-state index contributed by atoms with van der Waals surface area (Å²) < 4.78 is 6.21. The predicted octanol–water partition coefficient (Wildman–Crippen LogP) is 3.95. The van der Waals surface area contributed by atoms with Gasteiger partial charge in [0.05, 0.1) is 6.10 Å². The van der Waals surface area contributed by atoms with Gasteiger partial charge < -0.3 is 4.74 Å². The zero-order valence-corrected chi connectivity index (χ0v) is 13.0. The minimum atomic E-state index is -0.200. The molecular weight excluding hydrogens is 210 g/mol. The van der Waals surface area contributed by atoms with Crippen molar-refractivity contribution in [1.82, 2.24) is 5.32 Å². The van der Waals surface area contributed by atoms with Crippen LogP contribution in [0.2, 0.25) is 0 Å². The van der Waals surface area contributed by atoms with Crippen LogP contribution in [0.4, 0.5) is 0 Å². The summed E-state index contributed by atoms with van der Waals surface area (Å²) in [6, 6.07) is 0. The van der Waals surface area contributed by atoms with Crippen molar-refractivity contribution in [2.45, 2.75) is 85.6 Å². The summed E-state index contributed by atoms with van der Waals surface area (Å²) in [6.07, 6.45) is 2.57. The molecule has 0 aromatic carbocycles. The van der Waals surface area contributed by atoms with Crippen LogP contribution in [0.5, 0.6) is 0 Å². The van der Waals surface area contributed by atoms with Crippen molar-refractivity contribution in [3.05, 3.63) is 0 Å². The Balaban J connectivity index is 2.79. The van der Waals surface area contributed by atoms with Gasteiger partial charge in [-0.1, -0.05) is 27.7 Å². The van der Waals surface area contributed by atoms with E-state index in [1.165, 1.54) is 6.42 Å². The second kappa shape index (κ2) is 4.55. The molecule has 0 amide bonds. The highest BCUT2D eigenvalue weighted by molar-refractivity contribution is 4.95. The minimum Gasteiger partial charge on any atom is -0.358 e. The molecule has 2 heteroatoms. The summed E-state index contributed by atoms with van der Waals surface area (Å²) in [7, 11) is 0. The molecule has 1 N–H and O–H groups in total. The minimum absolute atomic E-state index is 0.165. The van der Waals surface area contributed by atoms with Gasteiger partial charge >= 0.3 is 0 Å². The molecule has 3 atom stereocenters. The predicted molar refractivity (Wildman–Crippen MR) is 74.0 cm³/mol. The SMILES string of the molecule is CC1CC(C)(C)NC(C)(C(C)CC(C)(C)C)O1. The van der Waals surface area contributed by atoms with Crippen LogP contribution in [0.25, 0.3) is 0 Å². The average Bonchev–Trinajstić information content (AvgIpc) is 1.94. The smallest absolute Gasteiger partial charge is 0.119 e. The third kappa shape index (κ3) is 4.26. The Hall–Kier alpha value is -0.0800. The molecule has 17 heavy (non-hydrogen) atoms. The van der Waals surface area contributed by atoms with E-state index in [0.717, 1.165) is 6.42 Å². The molecule has 1 heterocycles. The van der Waals surface area contributed by atoms with Crippen LogP contribution in [-0.4, -0.2) is 17.4 Å². The quantitative estimate of drug-likeness (QED) is 0.790. The van der Waals surface area contributed by atoms with Gasteiger partial charge in [-0.05, 0) is 51.9 Å². The Morgan fingerprint density at radius 2 is 1.82 bits per heavy atom. The summed E-state index contributed by atoms with van der Waals surface area (Å²) >= 11 is 0. The highest BCUT2D eigenvalue weighted by atomic mass is 16.5. The zero-order valence-electron chi connectivity index (χ0n) is 13.0. The monoisotopic (exact) mass is 241 g/mol. The van der Waals surface area contributed by atoms with Crippen LogP contribution in [0.3, 0.4) is 0 Å². The maximum absolute atomic E-state index is 6.21. The van der Waals surface area contributed by atoms with Crippen molar-refractivity contribution >= 4 is 0 Å². The first kappa shape index (κ1) is 15.0. The lowest BCUT2D eigenvalue weighted by atomic mass is 9.79. The van der Waals surface area contributed by atoms with Gasteiger partial charge in [0.25, 0.3) is 0 Å². The molecule has 0 saturated carbocycles. The van der Waals surface area contributed by atoms with Crippen LogP contribution in [0.1, 0.15) is 68.2 Å². The molecule has 0 aromatic rings.